The molecule has 2 aromatic rings. The van der Waals surface area contributed by atoms with Crippen LogP contribution in [-0.2, 0) is 9.53 Å². The first kappa shape index (κ1) is 16.1. The molecule has 2 unspecified atom stereocenters. The summed E-state index contributed by atoms with van der Waals surface area (Å²) in [5.74, 6) is -1.11. The second kappa shape index (κ2) is 6.79. The molecule has 126 valence electrons. The average molecular weight is 330 g/mol. The van der Waals surface area contributed by atoms with Crippen LogP contribution in [0, 0.1) is 0 Å². The third-order valence-corrected chi connectivity index (χ3v) is 4.18. The smallest absolute Gasteiger partial charge is 0.305 e. The van der Waals surface area contributed by atoms with Crippen molar-refractivity contribution < 1.29 is 19.4 Å². The Morgan fingerprint density at radius 2 is 2.08 bits per heavy atom. The summed E-state index contributed by atoms with van der Waals surface area (Å²) < 4.78 is 6.90. The molecule has 3 rings (SSSR count). The van der Waals surface area contributed by atoms with E-state index in [0.717, 1.165) is 5.69 Å². The Bertz CT molecular complexity index is 714. The number of amides is 1. The minimum Gasteiger partial charge on any atom is -0.481 e. The monoisotopic (exact) mass is 330 g/mol. The molecule has 0 aliphatic carbocycles. The van der Waals surface area contributed by atoms with Gasteiger partial charge in [0, 0.05) is 25.3 Å². The summed E-state index contributed by atoms with van der Waals surface area (Å²) in [5, 5.41) is 16.7. The third-order valence-electron chi connectivity index (χ3n) is 4.18. The van der Waals surface area contributed by atoms with Crippen molar-refractivity contribution >= 4 is 11.9 Å². The van der Waals surface area contributed by atoms with Crippen LogP contribution < -0.4 is 0 Å². The number of carboxylic acids is 1. The number of ether oxygens (including phenoxy) is 1. The zero-order valence-corrected chi connectivity index (χ0v) is 13.2. The van der Waals surface area contributed by atoms with Gasteiger partial charge < -0.3 is 14.7 Å². The highest BCUT2D eigenvalue weighted by Crippen LogP contribution is 2.25. The molecule has 1 aliphatic heterocycles. The van der Waals surface area contributed by atoms with Gasteiger partial charge in [-0.1, -0.05) is 5.21 Å². The van der Waals surface area contributed by atoms with E-state index in [2.05, 4.69) is 10.3 Å². The Balaban J connectivity index is 1.78. The molecule has 0 saturated carbocycles. The zero-order chi connectivity index (χ0) is 17.1. The van der Waals surface area contributed by atoms with Crippen molar-refractivity contribution in [2.75, 3.05) is 13.7 Å². The number of benzene rings is 1. The Morgan fingerprint density at radius 3 is 2.67 bits per heavy atom. The predicted octanol–water partition coefficient (Wildman–Crippen LogP) is 0.971. The zero-order valence-electron chi connectivity index (χ0n) is 13.2. The maximum Gasteiger partial charge on any atom is 0.305 e. The number of hydrogen-bond donors (Lipinski definition) is 1. The minimum atomic E-state index is -0.920. The van der Waals surface area contributed by atoms with Gasteiger partial charge in [-0.15, -0.1) is 5.10 Å². The van der Waals surface area contributed by atoms with Crippen LogP contribution in [0.4, 0.5) is 0 Å². The second-order valence-electron chi connectivity index (χ2n) is 5.70. The predicted molar refractivity (Wildman–Crippen MR) is 83.9 cm³/mol. The fourth-order valence-electron chi connectivity index (χ4n) is 2.96. The Labute approximate surface area is 138 Å². The van der Waals surface area contributed by atoms with E-state index in [9.17, 15) is 9.59 Å². The molecule has 0 spiro atoms. The van der Waals surface area contributed by atoms with E-state index in [0.29, 0.717) is 18.5 Å². The quantitative estimate of drug-likeness (QED) is 0.877. The highest BCUT2D eigenvalue weighted by molar-refractivity contribution is 5.95. The van der Waals surface area contributed by atoms with Crippen molar-refractivity contribution in [3.63, 3.8) is 0 Å². The summed E-state index contributed by atoms with van der Waals surface area (Å²) in [6.45, 7) is 0.401. The molecule has 1 aromatic heterocycles. The van der Waals surface area contributed by atoms with Crippen LogP contribution in [0.25, 0.3) is 5.69 Å². The molecular formula is C16H18N4O4. The number of methoxy groups -OCH3 is 1. The van der Waals surface area contributed by atoms with Crippen molar-refractivity contribution in [3.05, 3.63) is 42.2 Å². The van der Waals surface area contributed by atoms with E-state index in [1.807, 2.05) is 0 Å². The highest BCUT2D eigenvalue weighted by atomic mass is 16.5. The molecule has 1 aromatic carbocycles. The van der Waals surface area contributed by atoms with Gasteiger partial charge >= 0.3 is 5.97 Å². The summed E-state index contributed by atoms with van der Waals surface area (Å²) >= 11 is 0. The van der Waals surface area contributed by atoms with Crippen molar-refractivity contribution in [2.24, 2.45) is 0 Å². The summed E-state index contributed by atoms with van der Waals surface area (Å²) in [6, 6.07) is 6.61. The Hall–Kier alpha value is -2.74. The van der Waals surface area contributed by atoms with Crippen molar-refractivity contribution in [2.45, 2.75) is 25.0 Å². The molecule has 2 atom stereocenters. The molecule has 1 N–H and O–H groups in total. The number of likely N-dealkylation sites (tertiary alicyclic amines) is 1. The first-order chi connectivity index (χ1) is 11.6. The minimum absolute atomic E-state index is 0.0807. The number of aromatic nitrogens is 3. The van der Waals surface area contributed by atoms with Crippen LogP contribution >= 0.6 is 0 Å². The number of carbonyl (C=O) groups is 2. The third kappa shape index (κ3) is 3.28. The standard InChI is InChI=1S/C16H18N4O4/c1-24-14-8-13(9-15(21)22)19(10-14)16(23)11-2-4-12(5-3-11)20-7-6-17-18-20/h2-7,13-14H,8-10H2,1H3,(H,21,22). The molecule has 1 saturated heterocycles. The second-order valence-corrected chi connectivity index (χ2v) is 5.70. The topological polar surface area (TPSA) is 97.6 Å². The van der Waals surface area contributed by atoms with Crippen LogP contribution in [-0.4, -0.2) is 62.7 Å². The van der Waals surface area contributed by atoms with E-state index in [1.54, 1.807) is 53.4 Å². The maximum absolute atomic E-state index is 12.7. The first-order valence-electron chi connectivity index (χ1n) is 7.61. The number of carboxylic acid groups (broad SMARTS) is 1. The summed E-state index contributed by atoms with van der Waals surface area (Å²) in [7, 11) is 1.57. The van der Waals surface area contributed by atoms with Gasteiger partial charge in [0.05, 0.1) is 30.6 Å². The van der Waals surface area contributed by atoms with E-state index in [-0.39, 0.29) is 24.5 Å². The highest BCUT2D eigenvalue weighted by Gasteiger charge is 2.36. The van der Waals surface area contributed by atoms with Crippen molar-refractivity contribution in [1.82, 2.24) is 19.9 Å². The fraction of sp³-hybridized carbons (Fsp3) is 0.375. The van der Waals surface area contributed by atoms with Crippen molar-refractivity contribution in [3.8, 4) is 5.69 Å². The number of aliphatic carboxylic acids is 1. The lowest BCUT2D eigenvalue weighted by molar-refractivity contribution is -0.137. The summed E-state index contributed by atoms with van der Waals surface area (Å²) in [5.41, 5.74) is 1.30. The molecular weight excluding hydrogens is 312 g/mol. The SMILES string of the molecule is COC1CC(CC(=O)O)N(C(=O)c2ccc(-n3ccnn3)cc2)C1. The van der Waals surface area contributed by atoms with Gasteiger partial charge in [-0.2, -0.15) is 0 Å². The van der Waals surface area contributed by atoms with Crippen LogP contribution in [0.2, 0.25) is 0 Å². The van der Waals surface area contributed by atoms with Gasteiger partial charge in [0.1, 0.15) is 0 Å². The van der Waals surface area contributed by atoms with E-state index in [4.69, 9.17) is 9.84 Å². The lowest BCUT2D eigenvalue weighted by atomic mass is 10.1. The van der Waals surface area contributed by atoms with Gasteiger partial charge in [-0.3, -0.25) is 9.59 Å². The molecule has 8 nitrogen and oxygen atoms in total. The van der Waals surface area contributed by atoms with E-state index >= 15 is 0 Å². The molecule has 8 heteroatoms. The summed E-state index contributed by atoms with van der Waals surface area (Å²) in [4.78, 5) is 25.4. The van der Waals surface area contributed by atoms with E-state index < -0.39 is 5.97 Å². The number of rotatable bonds is 5. The molecule has 1 amide bonds. The Morgan fingerprint density at radius 1 is 1.33 bits per heavy atom. The maximum atomic E-state index is 12.7. The molecule has 2 heterocycles. The normalized spacial score (nSPS) is 20.3. The van der Waals surface area contributed by atoms with Gasteiger partial charge in [-0.05, 0) is 30.7 Å². The lowest BCUT2D eigenvalue weighted by Gasteiger charge is -2.23. The van der Waals surface area contributed by atoms with Gasteiger partial charge in [0.25, 0.3) is 5.91 Å². The van der Waals surface area contributed by atoms with Crippen LogP contribution in [0.5, 0.6) is 0 Å². The largest absolute Gasteiger partial charge is 0.481 e. The molecule has 0 bridgehead atoms. The average Bonchev–Trinajstić information content (AvgIpc) is 3.23. The molecule has 24 heavy (non-hydrogen) atoms. The number of carbonyl (C=O) groups excluding carboxylic acids is 1. The number of hydrogen-bond acceptors (Lipinski definition) is 5. The van der Waals surface area contributed by atoms with Gasteiger partial charge in [0.2, 0.25) is 0 Å². The fourth-order valence-corrected chi connectivity index (χ4v) is 2.96. The molecule has 0 radical (unpaired) electrons. The lowest BCUT2D eigenvalue weighted by Crippen LogP contribution is -2.37. The van der Waals surface area contributed by atoms with E-state index in [1.165, 1.54) is 0 Å². The Kier molecular flexibility index (Phi) is 4.57. The molecule has 1 fully saturated rings. The van der Waals surface area contributed by atoms with Gasteiger partial charge in [0.15, 0.2) is 0 Å². The summed E-state index contributed by atoms with van der Waals surface area (Å²) in [6.07, 6.45) is 3.61. The van der Waals surface area contributed by atoms with Gasteiger partial charge in [-0.25, -0.2) is 4.68 Å². The first-order valence-corrected chi connectivity index (χ1v) is 7.61. The number of nitrogens with zero attached hydrogens (tertiary/aromatic N) is 4. The van der Waals surface area contributed by atoms with Crippen LogP contribution in [0.3, 0.4) is 0 Å². The van der Waals surface area contributed by atoms with Crippen LogP contribution in [0.1, 0.15) is 23.2 Å². The molecule has 1 aliphatic rings. The van der Waals surface area contributed by atoms with Crippen molar-refractivity contribution in [1.29, 1.82) is 0 Å². The van der Waals surface area contributed by atoms with Crippen LogP contribution in [0.15, 0.2) is 36.7 Å².